The molecule has 1 aliphatic heterocycles. The van der Waals surface area contributed by atoms with Gasteiger partial charge in [0.15, 0.2) is 11.7 Å². The van der Waals surface area contributed by atoms with Crippen LogP contribution in [0.4, 0.5) is 17.6 Å². The second-order valence-corrected chi connectivity index (χ2v) is 1.59. The third kappa shape index (κ3) is 1.12. The third-order valence-electron chi connectivity index (χ3n) is 0.892. The highest BCUT2D eigenvalue weighted by Gasteiger charge is 2.23. The van der Waals surface area contributed by atoms with Crippen LogP contribution in [-0.4, -0.2) is 0 Å². The number of dihydropyridines is 1. The molecule has 55 valence electrons. The first-order valence-corrected chi connectivity index (χ1v) is 2.33. The Morgan fingerprint density at radius 2 is 1.70 bits per heavy atom. The first kappa shape index (κ1) is 7.11. The second-order valence-electron chi connectivity index (χ2n) is 1.59. The van der Waals surface area contributed by atoms with Gasteiger partial charge >= 0.3 is 0 Å². The number of halogens is 4. The topological polar surface area (TPSA) is 12.0 Å². The van der Waals surface area contributed by atoms with Crippen molar-refractivity contribution in [1.29, 1.82) is 0 Å². The zero-order valence-electron chi connectivity index (χ0n) is 4.59. The molecular formula is C5H2F4N. The molecule has 1 radical (unpaired) electrons. The van der Waals surface area contributed by atoms with Crippen molar-refractivity contribution in [2.45, 2.75) is 0 Å². The van der Waals surface area contributed by atoms with Crippen molar-refractivity contribution in [1.82, 2.24) is 5.32 Å². The second kappa shape index (κ2) is 2.32. The lowest BCUT2D eigenvalue weighted by molar-refractivity contribution is 0.356. The standard InChI is InChI=1S/C5H2F4N/c6-2-1-3(7)5(9)10-4(2)8/h1,10H. The summed E-state index contributed by atoms with van der Waals surface area (Å²) in [5.41, 5.74) is 0. The Bertz CT molecular complexity index is 208. The molecule has 1 aliphatic rings. The van der Waals surface area contributed by atoms with E-state index in [1.165, 1.54) is 5.32 Å². The van der Waals surface area contributed by atoms with Crippen LogP contribution < -0.4 is 5.32 Å². The zero-order chi connectivity index (χ0) is 7.72. The largest absolute Gasteiger partial charge is 0.317 e. The molecule has 1 N–H and O–H groups in total. The molecule has 0 aliphatic carbocycles. The Labute approximate surface area is 54.0 Å². The van der Waals surface area contributed by atoms with Gasteiger partial charge in [0.2, 0.25) is 5.95 Å². The van der Waals surface area contributed by atoms with Crippen LogP contribution in [0.2, 0.25) is 0 Å². The highest BCUT2D eigenvalue weighted by atomic mass is 19.2. The van der Waals surface area contributed by atoms with Gasteiger partial charge in [-0.3, -0.25) is 0 Å². The van der Waals surface area contributed by atoms with Crippen LogP contribution in [0.5, 0.6) is 0 Å². The fourth-order valence-corrected chi connectivity index (χ4v) is 0.454. The summed E-state index contributed by atoms with van der Waals surface area (Å²) in [6.45, 7) is 0. The number of hydrogen-bond donors (Lipinski definition) is 1. The average molecular weight is 152 g/mol. The summed E-state index contributed by atoms with van der Waals surface area (Å²) >= 11 is 0. The Hall–Kier alpha value is -1.00. The molecule has 0 aromatic heterocycles. The molecule has 0 saturated heterocycles. The molecule has 0 unspecified atom stereocenters. The van der Waals surface area contributed by atoms with E-state index >= 15 is 0 Å². The lowest BCUT2D eigenvalue weighted by Gasteiger charge is -2.09. The highest BCUT2D eigenvalue weighted by Crippen LogP contribution is 2.24. The van der Waals surface area contributed by atoms with Gasteiger partial charge in [-0.25, -0.2) is 13.2 Å². The van der Waals surface area contributed by atoms with Crippen LogP contribution in [0, 0.1) is 6.30 Å². The molecule has 10 heavy (non-hydrogen) atoms. The van der Waals surface area contributed by atoms with Crippen molar-refractivity contribution < 1.29 is 17.6 Å². The normalized spacial score (nSPS) is 20.6. The third-order valence-corrected chi connectivity index (χ3v) is 0.892. The van der Waals surface area contributed by atoms with Crippen LogP contribution in [0.3, 0.4) is 0 Å². The van der Waals surface area contributed by atoms with Gasteiger partial charge < -0.3 is 5.32 Å². The van der Waals surface area contributed by atoms with Gasteiger partial charge in [-0.2, -0.15) is 4.39 Å². The lowest BCUT2D eigenvalue weighted by Crippen LogP contribution is -2.19. The van der Waals surface area contributed by atoms with E-state index in [0.29, 0.717) is 0 Å². The minimum atomic E-state index is -1.51. The van der Waals surface area contributed by atoms with E-state index in [0.717, 1.165) is 0 Å². The Morgan fingerprint density at radius 1 is 1.10 bits per heavy atom. The van der Waals surface area contributed by atoms with Crippen LogP contribution in [-0.2, 0) is 0 Å². The molecule has 0 aromatic carbocycles. The predicted molar refractivity (Wildman–Crippen MR) is 25.9 cm³/mol. The van der Waals surface area contributed by atoms with Crippen LogP contribution in [0.1, 0.15) is 0 Å². The van der Waals surface area contributed by atoms with Crippen molar-refractivity contribution in [3.05, 3.63) is 30.0 Å². The van der Waals surface area contributed by atoms with Gasteiger partial charge in [0, 0.05) is 6.08 Å². The summed E-state index contributed by atoms with van der Waals surface area (Å²) in [5, 5.41) is 1.22. The Balaban J connectivity index is 2.88. The summed E-state index contributed by atoms with van der Waals surface area (Å²) in [6.07, 6.45) is -1.39. The monoisotopic (exact) mass is 152 g/mol. The van der Waals surface area contributed by atoms with Gasteiger partial charge in [0.25, 0.3) is 6.30 Å². The summed E-state index contributed by atoms with van der Waals surface area (Å²) in [7, 11) is 0. The van der Waals surface area contributed by atoms with Crippen LogP contribution >= 0.6 is 0 Å². The van der Waals surface area contributed by atoms with E-state index < -0.39 is 23.9 Å². The maximum Gasteiger partial charge on any atom is 0.293 e. The van der Waals surface area contributed by atoms with Crippen LogP contribution in [0.15, 0.2) is 23.7 Å². The molecule has 0 spiro atoms. The molecule has 1 heterocycles. The minimum absolute atomic E-state index is 0.126. The Kier molecular flexibility index (Phi) is 1.65. The van der Waals surface area contributed by atoms with Crippen molar-refractivity contribution in [2.24, 2.45) is 0 Å². The molecule has 1 nitrogen and oxygen atoms in total. The Morgan fingerprint density at radius 3 is 2.20 bits per heavy atom. The van der Waals surface area contributed by atoms with Gasteiger partial charge in [0.1, 0.15) is 0 Å². The van der Waals surface area contributed by atoms with Crippen molar-refractivity contribution in [3.63, 3.8) is 0 Å². The fourth-order valence-electron chi connectivity index (χ4n) is 0.454. The number of allylic oxidation sites excluding steroid dienone is 2. The summed E-state index contributed by atoms with van der Waals surface area (Å²) in [6, 6.07) is 0. The molecular weight excluding hydrogens is 150 g/mol. The van der Waals surface area contributed by atoms with Crippen molar-refractivity contribution >= 4 is 0 Å². The molecule has 0 atom stereocenters. The SMILES string of the molecule is F[C]1NC(F)=C(F)C=C1F. The molecule has 0 saturated carbocycles. The molecule has 0 bridgehead atoms. The molecule has 1 rings (SSSR count). The van der Waals surface area contributed by atoms with Gasteiger partial charge in [-0.15, -0.1) is 0 Å². The zero-order valence-corrected chi connectivity index (χ0v) is 4.59. The summed E-state index contributed by atoms with van der Waals surface area (Å²) in [5.74, 6) is -4.41. The summed E-state index contributed by atoms with van der Waals surface area (Å²) < 4.78 is 47.7. The van der Waals surface area contributed by atoms with E-state index in [4.69, 9.17) is 0 Å². The lowest BCUT2D eigenvalue weighted by atomic mass is 10.3. The fraction of sp³-hybridized carbons (Fsp3) is 0. The molecule has 0 fully saturated rings. The number of rotatable bonds is 0. The van der Waals surface area contributed by atoms with E-state index in [1.807, 2.05) is 0 Å². The first-order chi connectivity index (χ1) is 4.61. The van der Waals surface area contributed by atoms with E-state index in [1.54, 1.807) is 0 Å². The van der Waals surface area contributed by atoms with E-state index in [2.05, 4.69) is 0 Å². The van der Waals surface area contributed by atoms with Crippen molar-refractivity contribution in [3.8, 4) is 0 Å². The van der Waals surface area contributed by atoms with E-state index in [-0.39, 0.29) is 6.08 Å². The predicted octanol–water partition coefficient (Wildman–Crippen LogP) is 2.01. The number of nitrogens with one attached hydrogen (secondary N) is 1. The minimum Gasteiger partial charge on any atom is -0.317 e. The van der Waals surface area contributed by atoms with Gasteiger partial charge in [0.05, 0.1) is 0 Å². The first-order valence-electron chi connectivity index (χ1n) is 2.33. The van der Waals surface area contributed by atoms with E-state index in [9.17, 15) is 17.6 Å². The smallest absolute Gasteiger partial charge is 0.293 e. The van der Waals surface area contributed by atoms with Crippen molar-refractivity contribution in [2.75, 3.05) is 0 Å². The molecule has 0 aromatic rings. The average Bonchev–Trinajstić information content (AvgIpc) is 1.84. The molecule has 5 heteroatoms. The van der Waals surface area contributed by atoms with Gasteiger partial charge in [-0.05, 0) is 0 Å². The molecule has 0 amide bonds. The maximum absolute atomic E-state index is 11.9. The van der Waals surface area contributed by atoms with Gasteiger partial charge in [-0.1, -0.05) is 0 Å². The number of hydrogen-bond acceptors (Lipinski definition) is 1. The summed E-state index contributed by atoms with van der Waals surface area (Å²) in [4.78, 5) is 0. The quantitative estimate of drug-likeness (QED) is 0.413. The maximum atomic E-state index is 11.9. The van der Waals surface area contributed by atoms with Crippen LogP contribution in [0.25, 0.3) is 0 Å². The highest BCUT2D eigenvalue weighted by molar-refractivity contribution is 5.29.